The Morgan fingerprint density at radius 1 is 0.885 bits per heavy atom. The molecule has 2 N–H and O–H groups in total. The van der Waals surface area contributed by atoms with Gasteiger partial charge in [0.05, 0.1) is 47.5 Å². The number of rotatable bonds is 7. The Kier molecular flexibility index (Phi) is 8.38. The molecule has 264 valence electrons. The number of carbonyl (C=O) groups is 4. The molecule has 8 rings (SSSR count). The van der Waals surface area contributed by atoms with Gasteiger partial charge < -0.3 is 9.84 Å². The molecular formula is C41H35Cl2N3O6. The van der Waals surface area contributed by atoms with E-state index in [0.717, 1.165) is 16.1 Å². The van der Waals surface area contributed by atoms with Crippen LogP contribution in [0.4, 0.5) is 5.69 Å². The number of ether oxygens (including phenoxy) is 1. The summed E-state index contributed by atoms with van der Waals surface area (Å²) in [5.41, 5.74) is 4.92. The third-order valence-electron chi connectivity index (χ3n) is 11.4. The standard InChI is InChI=1S/C41H35Cl2N3O6/c1-22-7-6-10-29(36(22)47)35-27-16-17-28-34(39(50)45(37(28)48)21-23-8-4-3-5-9-23)30(27)20-31-38(49)46(44-33-18-13-25(42)19-32(33)43)40(51)41(31,35)24-11-14-26(52-2)15-12-24/h3-16,18-19,28,30-31,34-35,44,47H,17,20-21H2,1-2H3. The van der Waals surface area contributed by atoms with E-state index in [1.807, 2.05) is 42.5 Å². The zero-order valence-electron chi connectivity index (χ0n) is 28.4. The molecule has 6 atom stereocenters. The average molecular weight is 737 g/mol. The van der Waals surface area contributed by atoms with E-state index in [4.69, 9.17) is 27.9 Å². The van der Waals surface area contributed by atoms with Gasteiger partial charge in [0.2, 0.25) is 11.8 Å². The van der Waals surface area contributed by atoms with E-state index in [9.17, 15) is 19.5 Å². The number of anilines is 1. The number of carbonyl (C=O) groups excluding carboxylic acids is 4. The van der Waals surface area contributed by atoms with E-state index in [2.05, 4.69) is 5.43 Å². The van der Waals surface area contributed by atoms with Crippen molar-refractivity contribution < 1.29 is 29.0 Å². The first-order valence-electron chi connectivity index (χ1n) is 17.2. The van der Waals surface area contributed by atoms with E-state index in [1.54, 1.807) is 62.6 Å². The van der Waals surface area contributed by atoms with Crippen molar-refractivity contribution in [2.45, 2.75) is 37.6 Å². The predicted octanol–water partition coefficient (Wildman–Crippen LogP) is 7.20. The normalized spacial score (nSPS) is 26.5. The minimum atomic E-state index is -1.56. The molecule has 0 spiro atoms. The summed E-state index contributed by atoms with van der Waals surface area (Å²) >= 11 is 12.7. The molecule has 52 heavy (non-hydrogen) atoms. The van der Waals surface area contributed by atoms with Crippen molar-refractivity contribution in [2.75, 3.05) is 12.5 Å². The molecule has 0 radical (unpaired) electrons. The number of phenolic OH excluding ortho intramolecular Hbond substituents is 1. The second kappa shape index (κ2) is 12.8. The molecule has 2 aliphatic heterocycles. The summed E-state index contributed by atoms with van der Waals surface area (Å²) in [6.07, 6.45) is 2.38. The Balaban J connectivity index is 1.32. The number of hydrogen-bond acceptors (Lipinski definition) is 7. The predicted molar refractivity (Wildman–Crippen MR) is 195 cm³/mol. The molecule has 0 bridgehead atoms. The summed E-state index contributed by atoms with van der Waals surface area (Å²) in [4.78, 5) is 59.9. The summed E-state index contributed by atoms with van der Waals surface area (Å²) < 4.78 is 5.46. The molecule has 2 saturated heterocycles. The molecular weight excluding hydrogens is 701 g/mol. The van der Waals surface area contributed by atoms with Gasteiger partial charge in [0.25, 0.3) is 11.8 Å². The quantitative estimate of drug-likeness (QED) is 0.152. The van der Waals surface area contributed by atoms with Crippen LogP contribution in [0.1, 0.15) is 41.0 Å². The summed E-state index contributed by atoms with van der Waals surface area (Å²) in [6.45, 7) is 1.92. The zero-order chi connectivity index (χ0) is 36.5. The maximum absolute atomic E-state index is 15.4. The van der Waals surface area contributed by atoms with Crippen molar-refractivity contribution in [3.05, 3.63) is 135 Å². The van der Waals surface area contributed by atoms with Crippen molar-refractivity contribution in [2.24, 2.45) is 23.7 Å². The number of nitrogens with zero attached hydrogens (tertiary/aromatic N) is 2. The number of phenols is 1. The van der Waals surface area contributed by atoms with Gasteiger partial charge in [-0.1, -0.05) is 95.5 Å². The van der Waals surface area contributed by atoms with Crippen molar-refractivity contribution >= 4 is 52.5 Å². The Morgan fingerprint density at radius 3 is 2.35 bits per heavy atom. The van der Waals surface area contributed by atoms with Gasteiger partial charge in [-0.25, -0.2) is 0 Å². The Hall–Kier alpha value is -5.12. The van der Waals surface area contributed by atoms with Crippen LogP contribution >= 0.6 is 23.2 Å². The molecule has 4 aromatic carbocycles. The minimum Gasteiger partial charge on any atom is -0.507 e. The van der Waals surface area contributed by atoms with Gasteiger partial charge in [0, 0.05) is 16.5 Å². The molecule has 0 aromatic heterocycles. The lowest BCUT2D eigenvalue weighted by Gasteiger charge is -2.50. The van der Waals surface area contributed by atoms with Crippen molar-refractivity contribution in [3.63, 3.8) is 0 Å². The van der Waals surface area contributed by atoms with Crippen molar-refractivity contribution in [1.29, 1.82) is 0 Å². The molecule has 2 heterocycles. The third-order valence-corrected chi connectivity index (χ3v) is 12.0. The van der Waals surface area contributed by atoms with Crippen LogP contribution in [-0.4, -0.2) is 45.8 Å². The van der Waals surface area contributed by atoms with Crippen molar-refractivity contribution in [1.82, 2.24) is 9.91 Å². The largest absolute Gasteiger partial charge is 0.507 e. The fraction of sp³-hybridized carbons (Fsp3) is 0.268. The molecule has 1 saturated carbocycles. The van der Waals surface area contributed by atoms with E-state index in [0.29, 0.717) is 33.1 Å². The SMILES string of the molecule is COc1ccc(C23C(=O)N(Nc4ccc(Cl)cc4Cl)C(=O)C2CC2C(=CCC4C(=O)N(Cc5ccccc5)C(=O)C42)C3c2cccc(C)c2O)cc1. The van der Waals surface area contributed by atoms with Crippen LogP contribution in [0.2, 0.25) is 10.0 Å². The lowest BCUT2D eigenvalue weighted by molar-refractivity contribution is -0.142. The number of aryl methyl sites for hydroxylation is 1. The Bertz CT molecular complexity index is 2170. The lowest BCUT2D eigenvalue weighted by atomic mass is 9.49. The second-order valence-corrected chi connectivity index (χ2v) is 14.8. The van der Waals surface area contributed by atoms with Crippen LogP contribution in [0.3, 0.4) is 0 Å². The highest BCUT2D eigenvalue weighted by Crippen LogP contribution is 2.65. The third kappa shape index (κ3) is 5.04. The fourth-order valence-corrected chi connectivity index (χ4v) is 9.54. The number of methoxy groups -OCH3 is 1. The number of aromatic hydroxyl groups is 1. The van der Waals surface area contributed by atoms with Crippen molar-refractivity contribution in [3.8, 4) is 11.5 Å². The number of fused-ring (bicyclic) bond motifs is 4. The maximum atomic E-state index is 15.4. The number of likely N-dealkylation sites (tertiary alicyclic amines) is 1. The molecule has 11 heteroatoms. The molecule has 3 fully saturated rings. The summed E-state index contributed by atoms with van der Waals surface area (Å²) in [5.74, 6) is -4.81. The fourth-order valence-electron chi connectivity index (χ4n) is 9.09. The topological polar surface area (TPSA) is 116 Å². The maximum Gasteiger partial charge on any atom is 0.260 e. The average Bonchev–Trinajstić information content (AvgIpc) is 3.51. The van der Waals surface area contributed by atoms with Crippen LogP contribution < -0.4 is 10.2 Å². The highest BCUT2D eigenvalue weighted by molar-refractivity contribution is 6.36. The van der Waals surface area contributed by atoms with Gasteiger partial charge in [-0.2, -0.15) is 5.01 Å². The van der Waals surface area contributed by atoms with Gasteiger partial charge in [0.1, 0.15) is 11.5 Å². The van der Waals surface area contributed by atoms with Crippen LogP contribution in [-0.2, 0) is 31.1 Å². The van der Waals surface area contributed by atoms with E-state index < -0.39 is 46.8 Å². The van der Waals surface area contributed by atoms with Crippen LogP contribution in [0.5, 0.6) is 11.5 Å². The first-order chi connectivity index (χ1) is 25.1. The molecule has 4 amide bonds. The van der Waals surface area contributed by atoms with Gasteiger partial charge in [-0.15, -0.1) is 0 Å². The highest BCUT2D eigenvalue weighted by atomic mass is 35.5. The number of imide groups is 2. The number of hydrazine groups is 1. The first-order valence-corrected chi connectivity index (χ1v) is 17.9. The second-order valence-electron chi connectivity index (χ2n) is 14.0. The van der Waals surface area contributed by atoms with Gasteiger partial charge in [-0.3, -0.25) is 29.5 Å². The summed E-state index contributed by atoms with van der Waals surface area (Å²) in [6, 6.07) is 26.5. The molecule has 4 aromatic rings. The monoisotopic (exact) mass is 735 g/mol. The minimum absolute atomic E-state index is 0.00487. The number of halogens is 2. The Labute approximate surface area is 310 Å². The highest BCUT2D eigenvalue weighted by Gasteiger charge is 2.70. The van der Waals surface area contributed by atoms with Crippen LogP contribution in [0, 0.1) is 30.6 Å². The molecule has 2 aliphatic carbocycles. The number of hydrogen-bond donors (Lipinski definition) is 2. The number of allylic oxidation sites excluding steroid dienone is 2. The number of para-hydroxylation sites is 1. The van der Waals surface area contributed by atoms with E-state index in [1.165, 1.54) is 11.0 Å². The number of amides is 4. The summed E-state index contributed by atoms with van der Waals surface area (Å²) in [7, 11) is 1.55. The number of benzene rings is 4. The van der Waals surface area contributed by atoms with E-state index >= 15 is 4.79 Å². The lowest BCUT2D eigenvalue weighted by Crippen LogP contribution is -2.53. The van der Waals surface area contributed by atoms with Crippen LogP contribution in [0.15, 0.2) is 103 Å². The van der Waals surface area contributed by atoms with Crippen LogP contribution in [0.25, 0.3) is 0 Å². The van der Waals surface area contributed by atoms with Gasteiger partial charge >= 0.3 is 0 Å². The first kappa shape index (κ1) is 34.0. The number of nitrogens with one attached hydrogen (secondary N) is 1. The van der Waals surface area contributed by atoms with Gasteiger partial charge in [0.15, 0.2) is 0 Å². The van der Waals surface area contributed by atoms with Gasteiger partial charge in [-0.05, 0) is 72.7 Å². The zero-order valence-corrected chi connectivity index (χ0v) is 29.9. The Morgan fingerprint density at radius 2 is 1.63 bits per heavy atom. The summed E-state index contributed by atoms with van der Waals surface area (Å²) in [5, 5.41) is 13.4. The molecule has 4 aliphatic rings. The van der Waals surface area contributed by atoms with E-state index in [-0.39, 0.29) is 42.0 Å². The molecule has 9 nitrogen and oxygen atoms in total. The smallest absolute Gasteiger partial charge is 0.260 e. The molecule has 6 unspecified atom stereocenters.